The van der Waals surface area contributed by atoms with Gasteiger partial charge >= 0.3 is 5.97 Å². The van der Waals surface area contributed by atoms with Gasteiger partial charge in [-0.1, -0.05) is 26.0 Å². The summed E-state index contributed by atoms with van der Waals surface area (Å²) in [6.45, 7) is 8.23. The molecule has 0 aromatic heterocycles. The number of aliphatic carboxylic acids is 1. The van der Waals surface area contributed by atoms with E-state index >= 15 is 0 Å². The molecule has 0 fully saturated rings. The quantitative estimate of drug-likeness (QED) is 0.686. The number of amides is 1. The minimum absolute atomic E-state index is 0.123. The molecule has 0 bridgehead atoms. The van der Waals surface area contributed by atoms with Gasteiger partial charge in [0.1, 0.15) is 0 Å². The number of carboxylic acid groups (broad SMARTS) is 1. The van der Waals surface area contributed by atoms with E-state index in [1.807, 2.05) is 39.8 Å². The molecule has 0 radical (unpaired) electrons. The van der Waals surface area contributed by atoms with Gasteiger partial charge in [-0.2, -0.15) is 0 Å². The second-order valence-corrected chi connectivity index (χ2v) is 7.47. The number of hydrogen-bond donors (Lipinski definition) is 3. The number of carbonyl (C=O) groups excluding carboxylic acids is 1. The zero-order valence-electron chi connectivity index (χ0n) is 14.5. The number of carbonyl (C=O) groups is 2. The van der Waals surface area contributed by atoms with Crippen molar-refractivity contribution in [2.24, 2.45) is 11.1 Å². The van der Waals surface area contributed by atoms with Crippen LogP contribution in [0, 0.1) is 5.41 Å². The first-order chi connectivity index (χ1) is 10.5. The molecule has 0 unspecified atom stereocenters. The summed E-state index contributed by atoms with van der Waals surface area (Å²) in [6.07, 6.45) is 1.55. The van der Waals surface area contributed by atoms with Crippen molar-refractivity contribution < 1.29 is 14.7 Å². The van der Waals surface area contributed by atoms with Crippen LogP contribution in [0.15, 0.2) is 24.3 Å². The number of hydrogen-bond acceptors (Lipinski definition) is 3. The molecule has 1 aromatic carbocycles. The van der Waals surface area contributed by atoms with Crippen LogP contribution in [-0.2, 0) is 11.3 Å². The van der Waals surface area contributed by atoms with Gasteiger partial charge in [0.15, 0.2) is 0 Å². The van der Waals surface area contributed by atoms with E-state index in [4.69, 9.17) is 10.8 Å². The van der Waals surface area contributed by atoms with Crippen molar-refractivity contribution in [1.29, 1.82) is 0 Å². The number of rotatable bonds is 8. The minimum atomic E-state index is -0.795. The van der Waals surface area contributed by atoms with E-state index in [9.17, 15) is 9.59 Å². The second-order valence-electron chi connectivity index (χ2n) is 7.47. The summed E-state index contributed by atoms with van der Waals surface area (Å²) in [5.41, 5.74) is 6.43. The van der Waals surface area contributed by atoms with E-state index in [-0.39, 0.29) is 17.7 Å². The number of nitrogens with one attached hydrogen (secondary N) is 1. The Morgan fingerprint density at radius 3 is 2.13 bits per heavy atom. The third kappa shape index (κ3) is 6.82. The van der Waals surface area contributed by atoms with Gasteiger partial charge < -0.3 is 16.2 Å². The van der Waals surface area contributed by atoms with E-state index in [0.717, 1.165) is 12.0 Å². The van der Waals surface area contributed by atoms with Crippen molar-refractivity contribution in [3.05, 3.63) is 35.4 Å². The molecule has 0 spiro atoms. The fourth-order valence-electron chi connectivity index (χ4n) is 2.38. The summed E-state index contributed by atoms with van der Waals surface area (Å²) >= 11 is 0. The fourth-order valence-corrected chi connectivity index (χ4v) is 2.38. The second kappa shape index (κ2) is 7.59. The van der Waals surface area contributed by atoms with E-state index in [0.29, 0.717) is 18.5 Å². The first-order valence-electron chi connectivity index (χ1n) is 7.88. The smallest absolute Gasteiger partial charge is 0.303 e. The fraction of sp³-hybridized carbons (Fsp3) is 0.556. The molecule has 0 atom stereocenters. The van der Waals surface area contributed by atoms with Gasteiger partial charge in [-0.05, 0) is 49.8 Å². The molecule has 4 N–H and O–H groups in total. The molecule has 0 saturated heterocycles. The van der Waals surface area contributed by atoms with Crippen LogP contribution in [0.3, 0.4) is 0 Å². The molecule has 5 heteroatoms. The Hall–Kier alpha value is -1.88. The maximum Gasteiger partial charge on any atom is 0.303 e. The van der Waals surface area contributed by atoms with Crippen LogP contribution in [0.5, 0.6) is 0 Å². The number of carboxylic acids is 1. The lowest BCUT2D eigenvalue weighted by Crippen LogP contribution is -2.44. The predicted molar refractivity (Wildman–Crippen MR) is 91.1 cm³/mol. The van der Waals surface area contributed by atoms with Crippen molar-refractivity contribution in [2.75, 3.05) is 0 Å². The highest BCUT2D eigenvalue weighted by molar-refractivity contribution is 5.94. The normalized spacial score (nSPS) is 12.0. The average Bonchev–Trinajstić information content (AvgIpc) is 2.44. The van der Waals surface area contributed by atoms with Gasteiger partial charge in [-0.25, -0.2) is 0 Å². The standard InChI is InChI=1S/C18H28N2O3/c1-17(2,11-15(21)22)9-10-18(3,4)20-16(23)14-7-5-13(12-19)6-8-14/h5-8H,9-12,19H2,1-4H3,(H,20,23)(H,21,22). The number of benzene rings is 1. The van der Waals surface area contributed by atoms with Gasteiger partial charge in [0.2, 0.25) is 0 Å². The monoisotopic (exact) mass is 320 g/mol. The molecule has 1 rings (SSSR count). The summed E-state index contributed by atoms with van der Waals surface area (Å²) in [5.74, 6) is -0.925. The number of nitrogens with two attached hydrogens (primary N) is 1. The summed E-state index contributed by atoms with van der Waals surface area (Å²) in [7, 11) is 0. The Morgan fingerprint density at radius 1 is 1.09 bits per heavy atom. The Kier molecular flexibility index (Phi) is 6.33. The molecule has 0 aliphatic rings. The minimum Gasteiger partial charge on any atom is -0.481 e. The molecular weight excluding hydrogens is 292 g/mol. The van der Waals surface area contributed by atoms with Crippen molar-refractivity contribution in [3.63, 3.8) is 0 Å². The zero-order valence-corrected chi connectivity index (χ0v) is 14.5. The first kappa shape index (κ1) is 19.2. The van der Waals surface area contributed by atoms with E-state index in [1.165, 1.54) is 0 Å². The van der Waals surface area contributed by atoms with Crippen molar-refractivity contribution in [2.45, 2.75) is 59.0 Å². The van der Waals surface area contributed by atoms with Crippen LogP contribution >= 0.6 is 0 Å². The van der Waals surface area contributed by atoms with Crippen LogP contribution in [0.1, 0.15) is 62.9 Å². The molecule has 1 aromatic rings. The summed E-state index contributed by atoms with van der Waals surface area (Å²) < 4.78 is 0. The van der Waals surface area contributed by atoms with Crippen LogP contribution < -0.4 is 11.1 Å². The average molecular weight is 320 g/mol. The van der Waals surface area contributed by atoms with Gasteiger partial charge in [-0.15, -0.1) is 0 Å². The van der Waals surface area contributed by atoms with E-state index in [1.54, 1.807) is 12.1 Å². The Bertz CT molecular complexity index is 548. The lowest BCUT2D eigenvalue weighted by atomic mass is 9.80. The zero-order chi connectivity index (χ0) is 17.7. The lowest BCUT2D eigenvalue weighted by molar-refractivity contribution is -0.139. The molecule has 0 heterocycles. The van der Waals surface area contributed by atoms with Gasteiger partial charge in [0, 0.05) is 17.6 Å². The molecule has 23 heavy (non-hydrogen) atoms. The van der Waals surface area contributed by atoms with Gasteiger partial charge in [0.05, 0.1) is 6.42 Å². The Morgan fingerprint density at radius 2 is 1.65 bits per heavy atom. The van der Waals surface area contributed by atoms with Crippen LogP contribution in [-0.4, -0.2) is 22.5 Å². The molecule has 5 nitrogen and oxygen atoms in total. The Balaban J connectivity index is 2.62. The highest BCUT2D eigenvalue weighted by Gasteiger charge is 2.27. The lowest BCUT2D eigenvalue weighted by Gasteiger charge is -2.31. The van der Waals surface area contributed by atoms with Crippen molar-refractivity contribution >= 4 is 11.9 Å². The van der Waals surface area contributed by atoms with Crippen LogP contribution in [0.4, 0.5) is 0 Å². The molecule has 128 valence electrons. The first-order valence-corrected chi connectivity index (χ1v) is 7.88. The molecule has 1 amide bonds. The van der Waals surface area contributed by atoms with Gasteiger partial charge in [-0.3, -0.25) is 9.59 Å². The highest BCUT2D eigenvalue weighted by Crippen LogP contribution is 2.29. The van der Waals surface area contributed by atoms with Crippen molar-refractivity contribution in [1.82, 2.24) is 5.32 Å². The summed E-state index contributed by atoms with van der Waals surface area (Å²) in [4.78, 5) is 23.2. The van der Waals surface area contributed by atoms with Crippen LogP contribution in [0.2, 0.25) is 0 Å². The van der Waals surface area contributed by atoms with Crippen LogP contribution in [0.25, 0.3) is 0 Å². The van der Waals surface area contributed by atoms with E-state index in [2.05, 4.69) is 5.32 Å². The van der Waals surface area contributed by atoms with Gasteiger partial charge in [0.25, 0.3) is 5.91 Å². The highest BCUT2D eigenvalue weighted by atomic mass is 16.4. The molecular formula is C18H28N2O3. The topological polar surface area (TPSA) is 92.4 Å². The molecule has 0 aliphatic heterocycles. The summed E-state index contributed by atoms with van der Waals surface area (Å²) in [5, 5.41) is 12.0. The third-order valence-electron chi connectivity index (χ3n) is 3.96. The maximum absolute atomic E-state index is 12.3. The third-order valence-corrected chi connectivity index (χ3v) is 3.96. The van der Waals surface area contributed by atoms with Crippen molar-refractivity contribution in [3.8, 4) is 0 Å². The molecule has 0 saturated carbocycles. The van der Waals surface area contributed by atoms with E-state index < -0.39 is 11.5 Å². The maximum atomic E-state index is 12.3. The summed E-state index contributed by atoms with van der Waals surface area (Å²) in [6, 6.07) is 7.22. The Labute approximate surface area is 138 Å². The predicted octanol–water partition coefficient (Wildman–Crippen LogP) is 2.93. The largest absolute Gasteiger partial charge is 0.481 e. The SMILES string of the molecule is CC(C)(CCC(C)(C)NC(=O)c1ccc(CN)cc1)CC(=O)O. The molecule has 0 aliphatic carbocycles.